The Kier molecular flexibility index (Phi) is 11.1. The Balaban J connectivity index is 0.00000338. The van der Waals surface area contributed by atoms with E-state index in [0.29, 0.717) is 38.1 Å². The smallest absolute Gasteiger partial charge is 0.224 e. The Morgan fingerprint density at radius 2 is 1.96 bits per heavy atom. The zero-order chi connectivity index (χ0) is 17.9. The van der Waals surface area contributed by atoms with Gasteiger partial charge < -0.3 is 20.3 Å². The molecule has 1 fully saturated rings. The van der Waals surface area contributed by atoms with Gasteiger partial charge in [0.25, 0.3) is 0 Å². The summed E-state index contributed by atoms with van der Waals surface area (Å²) in [6, 6.07) is 10.1. The first-order valence-corrected chi connectivity index (χ1v) is 9.12. The van der Waals surface area contributed by atoms with E-state index in [2.05, 4.69) is 22.5 Å². The van der Waals surface area contributed by atoms with Crippen molar-refractivity contribution in [3.05, 3.63) is 30.3 Å². The second-order valence-corrected chi connectivity index (χ2v) is 6.27. The molecule has 1 aromatic carbocycles. The summed E-state index contributed by atoms with van der Waals surface area (Å²) >= 11 is 0. The number of amides is 1. The molecule has 1 amide bonds. The highest BCUT2D eigenvalue weighted by Crippen LogP contribution is 2.16. The van der Waals surface area contributed by atoms with E-state index < -0.39 is 0 Å². The number of piperidine rings is 1. The second-order valence-electron chi connectivity index (χ2n) is 6.27. The normalized spacial score (nSPS) is 17.2. The van der Waals surface area contributed by atoms with E-state index in [0.717, 1.165) is 25.1 Å². The number of aliphatic imine (C=N–C) groups is 1. The molecule has 1 atom stereocenters. The summed E-state index contributed by atoms with van der Waals surface area (Å²) in [4.78, 5) is 18.5. The highest BCUT2D eigenvalue weighted by atomic mass is 127. The Labute approximate surface area is 173 Å². The van der Waals surface area contributed by atoms with Crippen LogP contribution in [0.15, 0.2) is 35.3 Å². The minimum atomic E-state index is 0. The van der Waals surface area contributed by atoms with E-state index in [9.17, 15) is 4.79 Å². The van der Waals surface area contributed by atoms with Crippen molar-refractivity contribution in [2.24, 2.45) is 4.99 Å². The molecular formula is C19H31IN4O2. The molecule has 146 valence electrons. The Morgan fingerprint density at radius 1 is 1.23 bits per heavy atom. The van der Waals surface area contributed by atoms with Crippen molar-refractivity contribution in [2.45, 2.75) is 38.6 Å². The van der Waals surface area contributed by atoms with Crippen molar-refractivity contribution in [1.29, 1.82) is 0 Å². The molecule has 0 aliphatic carbocycles. The quantitative estimate of drug-likeness (QED) is 0.276. The lowest BCUT2D eigenvalue weighted by atomic mass is 10.0. The Morgan fingerprint density at radius 3 is 2.65 bits per heavy atom. The molecule has 1 aromatic rings. The number of likely N-dealkylation sites (tertiary alicyclic amines) is 1. The van der Waals surface area contributed by atoms with Crippen LogP contribution in [0.1, 0.15) is 32.6 Å². The third-order valence-corrected chi connectivity index (χ3v) is 4.38. The molecule has 1 heterocycles. The van der Waals surface area contributed by atoms with E-state index in [-0.39, 0.29) is 29.9 Å². The first kappa shape index (κ1) is 22.5. The van der Waals surface area contributed by atoms with Gasteiger partial charge in [0.2, 0.25) is 5.91 Å². The minimum absolute atomic E-state index is 0. The van der Waals surface area contributed by atoms with Gasteiger partial charge in [-0.25, -0.2) is 0 Å². The van der Waals surface area contributed by atoms with Gasteiger partial charge in [0.05, 0.1) is 6.54 Å². The number of nitrogens with zero attached hydrogens (tertiary/aromatic N) is 2. The third-order valence-electron chi connectivity index (χ3n) is 4.38. The molecule has 2 rings (SSSR count). The van der Waals surface area contributed by atoms with Crippen molar-refractivity contribution >= 4 is 35.8 Å². The number of benzene rings is 1. The van der Waals surface area contributed by atoms with Gasteiger partial charge in [-0.3, -0.25) is 9.79 Å². The van der Waals surface area contributed by atoms with Crippen molar-refractivity contribution in [3.63, 3.8) is 0 Å². The minimum Gasteiger partial charge on any atom is -0.492 e. The molecule has 1 aliphatic heterocycles. The number of para-hydroxylation sites is 1. The van der Waals surface area contributed by atoms with Crippen LogP contribution in [-0.4, -0.2) is 56.1 Å². The summed E-state index contributed by atoms with van der Waals surface area (Å²) in [5.41, 5.74) is 0. The highest BCUT2D eigenvalue weighted by molar-refractivity contribution is 14.0. The second kappa shape index (κ2) is 12.8. The summed E-state index contributed by atoms with van der Waals surface area (Å²) < 4.78 is 5.63. The molecule has 1 saturated heterocycles. The van der Waals surface area contributed by atoms with Gasteiger partial charge >= 0.3 is 0 Å². The number of carbonyl (C=O) groups is 1. The van der Waals surface area contributed by atoms with Crippen LogP contribution in [0.3, 0.4) is 0 Å². The van der Waals surface area contributed by atoms with Crippen LogP contribution in [0.2, 0.25) is 0 Å². The van der Waals surface area contributed by atoms with Crippen LogP contribution in [-0.2, 0) is 4.79 Å². The number of carbonyl (C=O) groups excluding carboxylic acids is 1. The number of nitrogens with one attached hydrogen (secondary N) is 2. The Bertz CT molecular complexity index is 554. The van der Waals surface area contributed by atoms with Crippen molar-refractivity contribution in [1.82, 2.24) is 15.5 Å². The van der Waals surface area contributed by atoms with Crippen LogP contribution in [0.5, 0.6) is 5.75 Å². The van der Waals surface area contributed by atoms with Crippen LogP contribution in [0.25, 0.3) is 0 Å². The fourth-order valence-electron chi connectivity index (χ4n) is 2.98. The largest absolute Gasteiger partial charge is 0.492 e. The number of ether oxygens (including phenoxy) is 1. The average Bonchev–Trinajstić information content (AvgIpc) is 2.64. The van der Waals surface area contributed by atoms with Crippen molar-refractivity contribution in [2.75, 3.05) is 33.3 Å². The molecule has 0 radical (unpaired) electrons. The maximum absolute atomic E-state index is 12.3. The number of rotatable bonds is 7. The summed E-state index contributed by atoms with van der Waals surface area (Å²) in [7, 11) is 1.72. The third kappa shape index (κ3) is 7.80. The van der Waals surface area contributed by atoms with Gasteiger partial charge in [-0.2, -0.15) is 0 Å². The van der Waals surface area contributed by atoms with E-state index in [1.54, 1.807) is 7.05 Å². The monoisotopic (exact) mass is 474 g/mol. The predicted octanol–water partition coefficient (Wildman–Crippen LogP) is 2.64. The summed E-state index contributed by atoms with van der Waals surface area (Å²) in [6.07, 6.45) is 3.95. The molecule has 7 heteroatoms. The standard InChI is InChI=1S/C19H30N4O2.HI/c1-16-8-6-7-14-23(16)18(24)11-12-21-19(20-2)22-13-15-25-17-9-4-3-5-10-17;/h3-5,9-10,16H,6-8,11-15H2,1-2H3,(H2,20,21,22);1H. The predicted molar refractivity (Wildman–Crippen MR) is 116 cm³/mol. The Hall–Kier alpha value is -1.51. The lowest BCUT2D eigenvalue weighted by Crippen LogP contribution is -2.44. The van der Waals surface area contributed by atoms with Gasteiger partial charge in [-0.15, -0.1) is 24.0 Å². The first-order valence-electron chi connectivity index (χ1n) is 9.12. The van der Waals surface area contributed by atoms with E-state index in [1.807, 2.05) is 35.2 Å². The average molecular weight is 474 g/mol. The zero-order valence-electron chi connectivity index (χ0n) is 15.7. The summed E-state index contributed by atoms with van der Waals surface area (Å²) in [5.74, 6) is 1.77. The van der Waals surface area contributed by atoms with Gasteiger partial charge in [0, 0.05) is 32.6 Å². The number of hydrogen-bond donors (Lipinski definition) is 2. The van der Waals surface area contributed by atoms with E-state index in [1.165, 1.54) is 6.42 Å². The van der Waals surface area contributed by atoms with Gasteiger partial charge in [0.15, 0.2) is 5.96 Å². The van der Waals surface area contributed by atoms with Crippen molar-refractivity contribution in [3.8, 4) is 5.75 Å². The van der Waals surface area contributed by atoms with E-state index in [4.69, 9.17) is 4.74 Å². The van der Waals surface area contributed by atoms with Crippen LogP contribution < -0.4 is 15.4 Å². The fraction of sp³-hybridized carbons (Fsp3) is 0.579. The number of hydrogen-bond acceptors (Lipinski definition) is 3. The maximum Gasteiger partial charge on any atom is 0.224 e. The molecule has 1 aliphatic rings. The molecule has 26 heavy (non-hydrogen) atoms. The topological polar surface area (TPSA) is 66.0 Å². The SMILES string of the molecule is CN=C(NCCOc1ccccc1)NCCC(=O)N1CCCCC1C.I. The molecule has 0 spiro atoms. The van der Waals surface area contributed by atoms with Crippen LogP contribution >= 0.6 is 24.0 Å². The number of guanidine groups is 1. The molecule has 6 nitrogen and oxygen atoms in total. The fourth-order valence-corrected chi connectivity index (χ4v) is 2.98. The summed E-state index contributed by atoms with van der Waals surface area (Å²) in [6.45, 7) is 4.81. The van der Waals surface area contributed by atoms with E-state index >= 15 is 0 Å². The highest BCUT2D eigenvalue weighted by Gasteiger charge is 2.22. The van der Waals surface area contributed by atoms with Gasteiger partial charge in [-0.05, 0) is 38.3 Å². The first-order chi connectivity index (χ1) is 12.2. The molecule has 1 unspecified atom stereocenters. The van der Waals surface area contributed by atoms with Gasteiger partial charge in [0.1, 0.15) is 12.4 Å². The molecule has 0 bridgehead atoms. The maximum atomic E-state index is 12.3. The zero-order valence-corrected chi connectivity index (χ0v) is 18.1. The number of halogens is 1. The van der Waals surface area contributed by atoms with Crippen LogP contribution in [0, 0.1) is 0 Å². The van der Waals surface area contributed by atoms with Gasteiger partial charge in [-0.1, -0.05) is 18.2 Å². The lowest BCUT2D eigenvalue weighted by molar-refractivity contribution is -0.134. The molecule has 0 aromatic heterocycles. The molecule has 2 N–H and O–H groups in total. The summed E-state index contributed by atoms with van der Waals surface area (Å²) in [5, 5.41) is 6.38. The van der Waals surface area contributed by atoms with Crippen LogP contribution in [0.4, 0.5) is 0 Å². The lowest BCUT2D eigenvalue weighted by Gasteiger charge is -2.33. The molecular weight excluding hydrogens is 443 g/mol. The van der Waals surface area contributed by atoms with Crippen molar-refractivity contribution < 1.29 is 9.53 Å². The molecule has 0 saturated carbocycles.